The quantitative estimate of drug-likeness (QED) is 0.896. The summed E-state index contributed by atoms with van der Waals surface area (Å²) < 4.78 is 5.99. The van der Waals surface area contributed by atoms with Gasteiger partial charge in [-0.05, 0) is 37.0 Å². The molecule has 1 saturated heterocycles. The number of hydrogen-bond donors (Lipinski definition) is 2. The first-order chi connectivity index (χ1) is 11.2. The fourth-order valence-corrected chi connectivity index (χ4v) is 3.31. The summed E-state index contributed by atoms with van der Waals surface area (Å²) in [7, 11) is 0. The summed E-state index contributed by atoms with van der Waals surface area (Å²) in [6.07, 6.45) is 6.82. The number of rotatable bonds is 4. The minimum absolute atomic E-state index is 0.146. The van der Waals surface area contributed by atoms with Gasteiger partial charge in [0.1, 0.15) is 0 Å². The van der Waals surface area contributed by atoms with E-state index in [1.54, 1.807) is 4.90 Å². The molecule has 0 spiro atoms. The molecular formula is C18H26N2O3. The van der Waals surface area contributed by atoms with E-state index in [0.29, 0.717) is 32.2 Å². The Bertz CT molecular complexity index is 529. The van der Waals surface area contributed by atoms with Crippen LogP contribution in [0.15, 0.2) is 24.3 Å². The van der Waals surface area contributed by atoms with Crippen LogP contribution in [0, 0.1) is 0 Å². The number of nitrogens with zero attached hydrogens (tertiary/aromatic N) is 1. The van der Waals surface area contributed by atoms with Gasteiger partial charge < -0.3 is 20.1 Å². The molecule has 1 atom stereocenters. The van der Waals surface area contributed by atoms with Gasteiger partial charge in [-0.25, -0.2) is 4.79 Å². The summed E-state index contributed by atoms with van der Waals surface area (Å²) in [6, 6.07) is 7.67. The number of hydrogen-bond acceptors (Lipinski definition) is 3. The summed E-state index contributed by atoms with van der Waals surface area (Å²) in [6.45, 7) is 1.62. The third-order valence-electron chi connectivity index (χ3n) is 4.67. The molecule has 1 aliphatic carbocycles. The van der Waals surface area contributed by atoms with Gasteiger partial charge in [0.2, 0.25) is 0 Å². The number of ether oxygens (including phenoxy) is 1. The highest BCUT2D eigenvalue weighted by molar-refractivity contribution is 5.89. The van der Waals surface area contributed by atoms with E-state index in [1.165, 1.54) is 19.3 Å². The molecule has 1 aromatic rings. The van der Waals surface area contributed by atoms with Gasteiger partial charge in [-0.15, -0.1) is 0 Å². The SMILES string of the molecule is O=C(Nc1cccc(COC2CCCCC2)c1)N1CC[C@H](O)C1. The number of aliphatic hydroxyl groups excluding tert-OH is 1. The van der Waals surface area contributed by atoms with E-state index in [2.05, 4.69) is 5.32 Å². The Hall–Kier alpha value is -1.59. The second-order valence-corrected chi connectivity index (χ2v) is 6.59. The van der Waals surface area contributed by atoms with Crippen molar-refractivity contribution in [1.82, 2.24) is 4.90 Å². The minimum atomic E-state index is -0.393. The molecule has 0 aromatic heterocycles. The van der Waals surface area contributed by atoms with Crippen LogP contribution in [-0.4, -0.2) is 41.3 Å². The summed E-state index contributed by atoms with van der Waals surface area (Å²) in [5.74, 6) is 0. The molecule has 23 heavy (non-hydrogen) atoms. The standard InChI is InChI=1S/C18H26N2O3/c21-16-9-10-20(12-16)18(22)19-15-6-4-5-14(11-15)13-23-17-7-2-1-3-8-17/h4-6,11,16-17,21H,1-3,7-10,12-13H2,(H,19,22)/t16-/m0/s1. The number of carbonyl (C=O) groups is 1. The van der Waals surface area contributed by atoms with Crippen molar-refractivity contribution in [2.75, 3.05) is 18.4 Å². The van der Waals surface area contributed by atoms with Crippen molar-refractivity contribution < 1.29 is 14.6 Å². The zero-order valence-corrected chi connectivity index (χ0v) is 13.5. The average Bonchev–Trinajstić information content (AvgIpc) is 3.01. The Kier molecular flexibility index (Phi) is 5.51. The number of carbonyl (C=O) groups excluding carboxylic acids is 1. The molecule has 3 rings (SSSR count). The topological polar surface area (TPSA) is 61.8 Å². The fourth-order valence-electron chi connectivity index (χ4n) is 3.31. The molecular weight excluding hydrogens is 292 g/mol. The van der Waals surface area contributed by atoms with Crippen LogP contribution in [-0.2, 0) is 11.3 Å². The molecule has 1 aromatic carbocycles. The maximum atomic E-state index is 12.1. The molecule has 2 amide bonds. The summed E-state index contributed by atoms with van der Waals surface area (Å²) in [5, 5.41) is 12.4. The lowest BCUT2D eigenvalue weighted by Crippen LogP contribution is -2.33. The van der Waals surface area contributed by atoms with Crippen LogP contribution >= 0.6 is 0 Å². The van der Waals surface area contributed by atoms with Crippen LogP contribution in [0.2, 0.25) is 0 Å². The lowest BCUT2D eigenvalue weighted by molar-refractivity contribution is 0.0169. The van der Waals surface area contributed by atoms with Gasteiger partial charge in [-0.3, -0.25) is 0 Å². The molecule has 2 fully saturated rings. The first-order valence-corrected chi connectivity index (χ1v) is 8.65. The molecule has 1 heterocycles. The average molecular weight is 318 g/mol. The summed E-state index contributed by atoms with van der Waals surface area (Å²) in [5.41, 5.74) is 1.86. The van der Waals surface area contributed by atoms with Gasteiger partial charge in [0, 0.05) is 18.8 Å². The molecule has 0 unspecified atom stereocenters. The second kappa shape index (κ2) is 7.79. The Morgan fingerprint density at radius 2 is 2.09 bits per heavy atom. The molecule has 1 saturated carbocycles. The zero-order chi connectivity index (χ0) is 16.1. The lowest BCUT2D eigenvalue weighted by Gasteiger charge is -2.22. The van der Waals surface area contributed by atoms with E-state index >= 15 is 0 Å². The van der Waals surface area contributed by atoms with Crippen molar-refractivity contribution in [3.63, 3.8) is 0 Å². The Labute approximate surface area is 137 Å². The van der Waals surface area contributed by atoms with Crippen molar-refractivity contribution >= 4 is 11.7 Å². The normalized spacial score (nSPS) is 22.3. The molecule has 2 aliphatic rings. The number of likely N-dealkylation sites (tertiary alicyclic amines) is 1. The van der Waals surface area contributed by atoms with Crippen LogP contribution in [0.25, 0.3) is 0 Å². The maximum Gasteiger partial charge on any atom is 0.321 e. The highest BCUT2D eigenvalue weighted by Crippen LogP contribution is 2.22. The van der Waals surface area contributed by atoms with Gasteiger partial charge in [0.05, 0.1) is 18.8 Å². The van der Waals surface area contributed by atoms with Gasteiger partial charge in [0.15, 0.2) is 0 Å². The van der Waals surface area contributed by atoms with E-state index in [0.717, 1.165) is 24.1 Å². The van der Waals surface area contributed by atoms with Gasteiger partial charge >= 0.3 is 6.03 Å². The van der Waals surface area contributed by atoms with Crippen molar-refractivity contribution in [3.05, 3.63) is 29.8 Å². The lowest BCUT2D eigenvalue weighted by atomic mass is 9.98. The smallest absolute Gasteiger partial charge is 0.321 e. The number of benzene rings is 1. The van der Waals surface area contributed by atoms with E-state index in [-0.39, 0.29) is 6.03 Å². The predicted octanol–water partition coefficient (Wildman–Crippen LogP) is 3.13. The number of β-amino-alcohol motifs (C(OH)–C–C–N with tert-alkyl or cyclic N) is 1. The minimum Gasteiger partial charge on any atom is -0.391 e. The highest BCUT2D eigenvalue weighted by atomic mass is 16.5. The largest absolute Gasteiger partial charge is 0.391 e. The van der Waals surface area contributed by atoms with Crippen LogP contribution in [0.3, 0.4) is 0 Å². The first-order valence-electron chi connectivity index (χ1n) is 8.65. The summed E-state index contributed by atoms with van der Waals surface area (Å²) >= 11 is 0. The van der Waals surface area contributed by atoms with Crippen molar-refractivity contribution in [2.45, 2.75) is 57.3 Å². The molecule has 0 radical (unpaired) electrons. The van der Waals surface area contributed by atoms with E-state index < -0.39 is 6.10 Å². The molecule has 2 N–H and O–H groups in total. The zero-order valence-electron chi connectivity index (χ0n) is 13.5. The molecule has 126 valence electrons. The molecule has 0 bridgehead atoms. The number of aliphatic hydroxyl groups is 1. The van der Waals surface area contributed by atoms with Crippen LogP contribution in [0.1, 0.15) is 44.1 Å². The fraction of sp³-hybridized carbons (Fsp3) is 0.611. The second-order valence-electron chi connectivity index (χ2n) is 6.59. The number of nitrogens with one attached hydrogen (secondary N) is 1. The number of amides is 2. The van der Waals surface area contributed by atoms with E-state index in [4.69, 9.17) is 4.74 Å². The predicted molar refractivity (Wildman–Crippen MR) is 89.3 cm³/mol. The third kappa shape index (κ3) is 4.69. The maximum absolute atomic E-state index is 12.1. The van der Waals surface area contributed by atoms with Crippen molar-refractivity contribution in [1.29, 1.82) is 0 Å². The number of anilines is 1. The van der Waals surface area contributed by atoms with Crippen LogP contribution < -0.4 is 5.32 Å². The Morgan fingerprint density at radius 3 is 2.83 bits per heavy atom. The van der Waals surface area contributed by atoms with Gasteiger partial charge in [-0.1, -0.05) is 31.4 Å². The third-order valence-corrected chi connectivity index (χ3v) is 4.67. The number of urea groups is 1. The monoisotopic (exact) mass is 318 g/mol. The highest BCUT2D eigenvalue weighted by Gasteiger charge is 2.24. The molecule has 1 aliphatic heterocycles. The Morgan fingerprint density at radius 1 is 1.26 bits per heavy atom. The van der Waals surface area contributed by atoms with Crippen LogP contribution in [0.4, 0.5) is 10.5 Å². The first kappa shape index (κ1) is 16.3. The van der Waals surface area contributed by atoms with Gasteiger partial charge in [-0.2, -0.15) is 0 Å². The van der Waals surface area contributed by atoms with E-state index in [1.807, 2.05) is 24.3 Å². The van der Waals surface area contributed by atoms with Crippen molar-refractivity contribution in [3.8, 4) is 0 Å². The Balaban J connectivity index is 1.51. The van der Waals surface area contributed by atoms with Gasteiger partial charge in [0.25, 0.3) is 0 Å². The van der Waals surface area contributed by atoms with E-state index in [9.17, 15) is 9.90 Å². The molecule has 5 heteroatoms. The molecule has 5 nitrogen and oxygen atoms in total. The van der Waals surface area contributed by atoms with Crippen LogP contribution in [0.5, 0.6) is 0 Å². The van der Waals surface area contributed by atoms with Crippen molar-refractivity contribution in [2.24, 2.45) is 0 Å². The summed E-state index contributed by atoms with van der Waals surface area (Å²) in [4.78, 5) is 13.8.